The van der Waals surface area contributed by atoms with Crippen LogP contribution in [0.15, 0.2) is 18.2 Å². The first kappa shape index (κ1) is 12.8. The molecule has 1 saturated carbocycles. The summed E-state index contributed by atoms with van der Waals surface area (Å²) in [4.78, 5) is 11.8. The molecule has 1 aromatic rings. The number of carbonyl (C=O) groups excluding carboxylic acids is 1. The Morgan fingerprint density at radius 3 is 2.95 bits per heavy atom. The lowest BCUT2D eigenvalue weighted by molar-refractivity contribution is 0.0972. The van der Waals surface area contributed by atoms with Crippen LogP contribution in [0.4, 0.5) is 0 Å². The molecule has 1 fully saturated rings. The predicted octanol–water partition coefficient (Wildman–Crippen LogP) is 2.16. The van der Waals surface area contributed by atoms with E-state index in [1.165, 1.54) is 11.1 Å². The maximum atomic E-state index is 11.8. The number of ketones is 1. The Balaban J connectivity index is 1.85. The van der Waals surface area contributed by atoms with Crippen LogP contribution in [-0.2, 0) is 6.42 Å². The van der Waals surface area contributed by atoms with E-state index >= 15 is 0 Å². The van der Waals surface area contributed by atoms with Gasteiger partial charge in [-0.15, -0.1) is 0 Å². The first-order valence-corrected chi connectivity index (χ1v) is 7.17. The average Bonchev–Trinajstić information content (AvgIpc) is 2.82. The molecule has 3 rings (SSSR count). The first-order valence-electron chi connectivity index (χ1n) is 7.17. The quantitative estimate of drug-likeness (QED) is 0.855. The van der Waals surface area contributed by atoms with Crippen molar-refractivity contribution in [2.45, 2.75) is 50.0 Å². The third-order valence-corrected chi connectivity index (χ3v) is 4.71. The van der Waals surface area contributed by atoms with Gasteiger partial charge in [-0.25, -0.2) is 0 Å². The van der Waals surface area contributed by atoms with Gasteiger partial charge in [-0.2, -0.15) is 0 Å². The second kappa shape index (κ2) is 4.73. The van der Waals surface area contributed by atoms with E-state index in [4.69, 9.17) is 5.73 Å². The van der Waals surface area contributed by atoms with Crippen molar-refractivity contribution < 1.29 is 9.90 Å². The Labute approximate surface area is 113 Å². The third-order valence-electron chi connectivity index (χ3n) is 4.71. The molecule has 0 amide bonds. The van der Waals surface area contributed by atoms with Crippen LogP contribution in [0.2, 0.25) is 0 Å². The highest BCUT2D eigenvalue weighted by Gasteiger charge is 2.36. The molecule has 1 aromatic carbocycles. The number of aryl methyl sites for hydroxylation is 1. The van der Waals surface area contributed by atoms with E-state index in [1.54, 1.807) is 0 Å². The molecule has 3 N–H and O–H groups in total. The minimum absolute atomic E-state index is 0.0624. The SMILES string of the molecule is NC1(CO)CCC(c2ccc3c(c2)CCCC3=O)C1. The van der Waals surface area contributed by atoms with Gasteiger partial charge in [-0.05, 0) is 49.1 Å². The van der Waals surface area contributed by atoms with E-state index in [1.807, 2.05) is 6.07 Å². The lowest BCUT2D eigenvalue weighted by Gasteiger charge is -2.22. The zero-order valence-corrected chi connectivity index (χ0v) is 11.2. The number of fused-ring (bicyclic) bond motifs is 1. The van der Waals surface area contributed by atoms with Crippen LogP contribution < -0.4 is 5.73 Å². The highest BCUT2D eigenvalue weighted by atomic mass is 16.3. The van der Waals surface area contributed by atoms with Crippen molar-refractivity contribution in [1.29, 1.82) is 0 Å². The summed E-state index contributed by atoms with van der Waals surface area (Å²) in [5.74, 6) is 0.710. The zero-order valence-electron chi connectivity index (χ0n) is 11.2. The molecule has 0 saturated heterocycles. The molecule has 0 aliphatic heterocycles. The molecule has 0 heterocycles. The van der Waals surface area contributed by atoms with Crippen molar-refractivity contribution in [2.24, 2.45) is 5.73 Å². The van der Waals surface area contributed by atoms with Gasteiger partial charge in [-0.1, -0.05) is 18.2 Å². The molecule has 2 aliphatic rings. The fraction of sp³-hybridized carbons (Fsp3) is 0.562. The summed E-state index contributed by atoms with van der Waals surface area (Å²) in [5, 5.41) is 9.35. The predicted molar refractivity (Wildman–Crippen MR) is 74.3 cm³/mol. The minimum Gasteiger partial charge on any atom is -0.394 e. The Bertz CT molecular complexity index is 511. The van der Waals surface area contributed by atoms with Gasteiger partial charge in [0.1, 0.15) is 0 Å². The summed E-state index contributed by atoms with van der Waals surface area (Å²) in [7, 11) is 0. The molecule has 2 aliphatic carbocycles. The number of carbonyl (C=O) groups is 1. The molecular formula is C16H21NO2. The van der Waals surface area contributed by atoms with Crippen LogP contribution >= 0.6 is 0 Å². The smallest absolute Gasteiger partial charge is 0.163 e. The number of aliphatic hydroxyl groups excluding tert-OH is 1. The number of hydrogen-bond acceptors (Lipinski definition) is 3. The van der Waals surface area contributed by atoms with Gasteiger partial charge in [0.05, 0.1) is 6.61 Å². The molecule has 102 valence electrons. The summed E-state index contributed by atoms with van der Waals surface area (Å²) >= 11 is 0. The summed E-state index contributed by atoms with van der Waals surface area (Å²) in [5.41, 5.74) is 9.13. The molecule has 0 aromatic heterocycles. The summed E-state index contributed by atoms with van der Waals surface area (Å²) in [6.07, 6.45) is 5.42. The van der Waals surface area contributed by atoms with Crippen molar-refractivity contribution in [1.82, 2.24) is 0 Å². The zero-order chi connectivity index (χ0) is 13.5. The lowest BCUT2D eigenvalue weighted by atomic mass is 9.86. The third kappa shape index (κ3) is 2.33. The Morgan fingerprint density at radius 1 is 1.37 bits per heavy atom. The standard InChI is InChI=1S/C16H21NO2/c17-16(10-18)7-6-13(9-16)11-4-5-14-12(8-11)2-1-3-15(14)19/h4-5,8,13,18H,1-3,6-7,9-10,17H2. The van der Waals surface area contributed by atoms with E-state index in [9.17, 15) is 9.90 Å². The van der Waals surface area contributed by atoms with Gasteiger partial charge in [0.25, 0.3) is 0 Å². The van der Waals surface area contributed by atoms with Crippen LogP contribution in [0.3, 0.4) is 0 Å². The Kier molecular flexibility index (Phi) is 3.19. The van der Waals surface area contributed by atoms with Gasteiger partial charge in [0, 0.05) is 17.5 Å². The van der Waals surface area contributed by atoms with Gasteiger partial charge in [0.2, 0.25) is 0 Å². The van der Waals surface area contributed by atoms with Crippen molar-refractivity contribution in [3.63, 3.8) is 0 Å². The molecule has 0 spiro atoms. The molecule has 0 radical (unpaired) electrons. The fourth-order valence-electron chi connectivity index (χ4n) is 3.51. The van der Waals surface area contributed by atoms with Crippen molar-refractivity contribution in [3.8, 4) is 0 Å². The number of rotatable bonds is 2. The monoisotopic (exact) mass is 259 g/mol. The van der Waals surface area contributed by atoms with Gasteiger partial charge in [0.15, 0.2) is 5.78 Å². The number of benzene rings is 1. The molecule has 2 atom stereocenters. The second-order valence-electron chi connectivity index (χ2n) is 6.15. The average molecular weight is 259 g/mol. The van der Waals surface area contributed by atoms with Gasteiger partial charge >= 0.3 is 0 Å². The molecule has 19 heavy (non-hydrogen) atoms. The van der Waals surface area contributed by atoms with Gasteiger partial charge in [-0.3, -0.25) is 4.79 Å². The summed E-state index contributed by atoms with van der Waals surface area (Å²) in [6, 6.07) is 6.26. The number of hydrogen-bond donors (Lipinski definition) is 2. The first-order chi connectivity index (χ1) is 9.11. The maximum absolute atomic E-state index is 11.8. The Hall–Kier alpha value is -1.19. The highest BCUT2D eigenvalue weighted by Crippen LogP contribution is 2.40. The molecular weight excluding hydrogens is 238 g/mol. The number of nitrogens with two attached hydrogens (primary N) is 1. The second-order valence-corrected chi connectivity index (χ2v) is 6.15. The van der Waals surface area contributed by atoms with E-state index in [-0.39, 0.29) is 12.4 Å². The normalized spacial score (nSPS) is 30.4. The topological polar surface area (TPSA) is 63.3 Å². The Morgan fingerprint density at radius 2 is 2.21 bits per heavy atom. The number of aliphatic hydroxyl groups is 1. The number of Topliss-reactive ketones (excluding diaryl/α,β-unsaturated/α-hetero) is 1. The van der Waals surface area contributed by atoms with Crippen LogP contribution in [0.25, 0.3) is 0 Å². The molecule has 3 heteroatoms. The van der Waals surface area contributed by atoms with Crippen molar-refractivity contribution in [3.05, 3.63) is 34.9 Å². The molecule has 0 bridgehead atoms. The largest absolute Gasteiger partial charge is 0.394 e. The van der Waals surface area contributed by atoms with Gasteiger partial charge < -0.3 is 10.8 Å². The lowest BCUT2D eigenvalue weighted by Crippen LogP contribution is -2.40. The van der Waals surface area contributed by atoms with Crippen LogP contribution in [0.1, 0.15) is 59.5 Å². The van der Waals surface area contributed by atoms with Crippen molar-refractivity contribution in [2.75, 3.05) is 6.61 Å². The minimum atomic E-state index is -0.406. The van der Waals surface area contributed by atoms with Crippen LogP contribution in [0.5, 0.6) is 0 Å². The fourth-order valence-corrected chi connectivity index (χ4v) is 3.51. The van der Waals surface area contributed by atoms with E-state index in [0.29, 0.717) is 12.3 Å². The van der Waals surface area contributed by atoms with Crippen LogP contribution in [0, 0.1) is 0 Å². The molecule has 3 nitrogen and oxygen atoms in total. The highest BCUT2D eigenvalue weighted by molar-refractivity contribution is 5.98. The summed E-state index contributed by atoms with van der Waals surface area (Å²) < 4.78 is 0. The van der Waals surface area contributed by atoms with Crippen molar-refractivity contribution >= 4 is 5.78 Å². The summed E-state index contributed by atoms with van der Waals surface area (Å²) in [6.45, 7) is 0.0624. The van der Waals surface area contributed by atoms with E-state index in [0.717, 1.165) is 37.7 Å². The molecule has 2 unspecified atom stereocenters. The van der Waals surface area contributed by atoms with E-state index in [2.05, 4.69) is 12.1 Å². The van der Waals surface area contributed by atoms with Crippen LogP contribution in [-0.4, -0.2) is 23.0 Å². The van der Waals surface area contributed by atoms with E-state index < -0.39 is 5.54 Å². The maximum Gasteiger partial charge on any atom is 0.163 e.